The second-order valence-electron chi connectivity index (χ2n) is 3.38. The lowest BCUT2D eigenvalue weighted by molar-refractivity contribution is -0.306. The first-order chi connectivity index (χ1) is 6.37. The predicted molar refractivity (Wildman–Crippen MR) is 52.0 cm³/mol. The third-order valence-electron chi connectivity index (χ3n) is 1.79. The second-order valence-corrected chi connectivity index (χ2v) is 4.22. The number of aliphatic hydroxyl groups is 1. The van der Waals surface area contributed by atoms with Gasteiger partial charge in [0.25, 0.3) is 0 Å². The zero-order valence-electron chi connectivity index (χ0n) is 8.23. The number of thioether (sulfide) groups is 1. The molecule has 1 heterocycles. The Morgan fingerprint density at radius 3 is 2.64 bits per heavy atom. The van der Waals surface area contributed by atoms with Crippen LogP contribution in [0.3, 0.4) is 0 Å². The number of hydrogen-bond donors (Lipinski definition) is 2. The van der Waals surface area contributed by atoms with Crippen LogP contribution in [-0.4, -0.2) is 34.5 Å². The molecular formula is C8H13NO4S. The summed E-state index contributed by atoms with van der Waals surface area (Å²) in [5.74, 6) is -2.75. The normalized spacial score (nSPS) is 31.0. The van der Waals surface area contributed by atoms with Crippen molar-refractivity contribution >= 4 is 22.8 Å². The van der Waals surface area contributed by atoms with Crippen LogP contribution < -0.4 is 0 Å². The maximum atomic E-state index is 11.4. The van der Waals surface area contributed by atoms with Gasteiger partial charge in [-0.05, 0) is 6.26 Å². The van der Waals surface area contributed by atoms with E-state index in [-0.39, 0.29) is 5.04 Å². The minimum absolute atomic E-state index is 0.0398. The molecule has 0 bridgehead atoms. The van der Waals surface area contributed by atoms with Crippen molar-refractivity contribution in [2.45, 2.75) is 25.9 Å². The molecule has 14 heavy (non-hydrogen) atoms. The number of hydrogen-bond acceptors (Lipinski definition) is 6. The van der Waals surface area contributed by atoms with Crippen molar-refractivity contribution in [3.8, 4) is 0 Å². The molecule has 2 unspecified atom stereocenters. The Labute approximate surface area is 86.3 Å². The van der Waals surface area contributed by atoms with Crippen molar-refractivity contribution < 1.29 is 19.4 Å². The highest BCUT2D eigenvalue weighted by Gasteiger charge is 2.44. The first-order valence-corrected chi connectivity index (χ1v) is 5.31. The Morgan fingerprint density at radius 2 is 2.21 bits per heavy atom. The van der Waals surface area contributed by atoms with Crippen molar-refractivity contribution in [1.29, 1.82) is 5.41 Å². The van der Waals surface area contributed by atoms with Gasteiger partial charge in [-0.1, -0.05) is 0 Å². The van der Waals surface area contributed by atoms with E-state index in [1.165, 1.54) is 13.8 Å². The van der Waals surface area contributed by atoms with Crippen LogP contribution in [0.1, 0.15) is 13.8 Å². The largest absolute Gasteiger partial charge is 0.433 e. The maximum absolute atomic E-state index is 11.4. The zero-order chi connectivity index (χ0) is 10.9. The van der Waals surface area contributed by atoms with Crippen LogP contribution in [0.5, 0.6) is 0 Å². The van der Waals surface area contributed by atoms with Gasteiger partial charge in [0, 0.05) is 13.8 Å². The van der Waals surface area contributed by atoms with E-state index in [9.17, 15) is 9.90 Å². The van der Waals surface area contributed by atoms with E-state index in [4.69, 9.17) is 14.9 Å². The second kappa shape index (κ2) is 3.88. The van der Waals surface area contributed by atoms with E-state index in [0.29, 0.717) is 0 Å². The average molecular weight is 219 g/mol. The van der Waals surface area contributed by atoms with Gasteiger partial charge in [0.05, 0.1) is 5.04 Å². The van der Waals surface area contributed by atoms with Crippen LogP contribution in [0.25, 0.3) is 0 Å². The third kappa shape index (κ3) is 2.26. The molecule has 1 rings (SSSR count). The van der Waals surface area contributed by atoms with Crippen molar-refractivity contribution in [3.05, 3.63) is 0 Å². The lowest BCUT2D eigenvalue weighted by Gasteiger charge is -2.37. The SMILES string of the molecule is CSC(=N)C1C(=O)OC(C)(C)OC1O. The molecule has 1 fully saturated rings. The highest BCUT2D eigenvalue weighted by Crippen LogP contribution is 2.28. The monoisotopic (exact) mass is 219 g/mol. The number of nitrogens with one attached hydrogen (secondary N) is 1. The summed E-state index contributed by atoms with van der Waals surface area (Å²) in [4.78, 5) is 11.4. The zero-order valence-corrected chi connectivity index (χ0v) is 9.05. The lowest BCUT2D eigenvalue weighted by Crippen LogP contribution is -2.50. The van der Waals surface area contributed by atoms with E-state index in [1.54, 1.807) is 6.26 Å². The fraction of sp³-hybridized carbons (Fsp3) is 0.750. The summed E-state index contributed by atoms with van der Waals surface area (Å²) in [7, 11) is 0. The van der Waals surface area contributed by atoms with Crippen LogP contribution in [0.15, 0.2) is 0 Å². The van der Waals surface area contributed by atoms with E-state index >= 15 is 0 Å². The average Bonchev–Trinajstić information content (AvgIpc) is 1.99. The first-order valence-electron chi connectivity index (χ1n) is 4.08. The van der Waals surface area contributed by atoms with E-state index in [2.05, 4.69) is 0 Å². The van der Waals surface area contributed by atoms with Crippen molar-refractivity contribution in [2.75, 3.05) is 6.26 Å². The minimum atomic E-state index is -1.30. The standard InChI is InChI=1S/C8H13NO4S/c1-8(2)12-6(10)4(5(9)14-3)7(11)13-8/h4,6,9-10H,1-3H3. The molecule has 0 spiro atoms. The number of esters is 1. The molecule has 0 saturated carbocycles. The number of ether oxygens (including phenoxy) is 2. The van der Waals surface area contributed by atoms with Gasteiger partial charge in [0.15, 0.2) is 12.2 Å². The quantitative estimate of drug-likeness (QED) is 0.383. The number of rotatable bonds is 1. The summed E-state index contributed by atoms with van der Waals surface area (Å²) < 4.78 is 9.94. The van der Waals surface area contributed by atoms with Crippen LogP contribution in [-0.2, 0) is 14.3 Å². The van der Waals surface area contributed by atoms with Crippen LogP contribution >= 0.6 is 11.8 Å². The smallest absolute Gasteiger partial charge is 0.323 e. The van der Waals surface area contributed by atoms with Gasteiger partial charge >= 0.3 is 5.97 Å². The molecule has 0 radical (unpaired) electrons. The molecule has 0 aromatic heterocycles. The summed E-state index contributed by atoms with van der Waals surface area (Å²) in [6.45, 7) is 3.07. The number of cyclic esters (lactones) is 1. The lowest BCUT2D eigenvalue weighted by atomic mass is 10.1. The molecular weight excluding hydrogens is 206 g/mol. The summed E-state index contributed by atoms with van der Waals surface area (Å²) in [6, 6.07) is 0. The summed E-state index contributed by atoms with van der Waals surface area (Å²) in [5, 5.41) is 17.0. The summed E-state index contributed by atoms with van der Waals surface area (Å²) >= 11 is 1.08. The highest BCUT2D eigenvalue weighted by molar-refractivity contribution is 8.13. The number of carbonyl (C=O) groups excluding carboxylic acids is 1. The fourth-order valence-electron chi connectivity index (χ4n) is 1.17. The van der Waals surface area contributed by atoms with Crippen LogP contribution in [0.4, 0.5) is 0 Å². The molecule has 2 N–H and O–H groups in total. The summed E-state index contributed by atoms with van der Waals surface area (Å²) in [6.07, 6.45) is 0.355. The van der Waals surface area contributed by atoms with Crippen LogP contribution in [0, 0.1) is 11.3 Å². The van der Waals surface area contributed by atoms with Gasteiger partial charge in [0.1, 0.15) is 0 Å². The number of carbonyl (C=O) groups is 1. The maximum Gasteiger partial charge on any atom is 0.323 e. The third-order valence-corrected chi connectivity index (χ3v) is 2.49. The van der Waals surface area contributed by atoms with E-state index in [1.807, 2.05) is 0 Å². The Kier molecular flexibility index (Phi) is 3.18. The van der Waals surface area contributed by atoms with Gasteiger partial charge in [-0.15, -0.1) is 11.8 Å². The van der Waals surface area contributed by atoms with Gasteiger partial charge < -0.3 is 14.6 Å². The van der Waals surface area contributed by atoms with Crippen molar-refractivity contribution in [1.82, 2.24) is 0 Å². The number of aliphatic hydroxyl groups excluding tert-OH is 1. The topological polar surface area (TPSA) is 79.6 Å². The molecule has 2 atom stereocenters. The Bertz CT molecular complexity index is 266. The Morgan fingerprint density at radius 1 is 1.64 bits per heavy atom. The summed E-state index contributed by atoms with van der Waals surface area (Å²) in [5.41, 5.74) is 0. The van der Waals surface area contributed by atoms with Gasteiger partial charge in [0.2, 0.25) is 5.79 Å². The molecule has 80 valence electrons. The fourth-order valence-corrected chi connectivity index (χ4v) is 1.64. The molecule has 1 aliphatic rings. The van der Waals surface area contributed by atoms with E-state index in [0.717, 1.165) is 11.8 Å². The molecule has 1 saturated heterocycles. The van der Waals surface area contributed by atoms with Gasteiger partial charge in [-0.25, -0.2) is 0 Å². The molecule has 0 aliphatic carbocycles. The molecule has 5 nitrogen and oxygen atoms in total. The van der Waals surface area contributed by atoms with Crippen LogP contribution in [0.2, 0.25) is 0 Å². The Hall–Kier alpha value is -0.590. The van der Waals surface area contributed by atoms with Gasteiger partial charge in [-0.3, -0.25) is 10.2 Å². The molecule has 0 amide bonds. The van der Waals surface area contributed by atoms with Gasteiger partial charge in [-0.2, -0.15) is 0 Å². The first kappa shape index (κ1) is 11.5. The molecule has 6 heteroatoms. The molecule has 0 aromatic rings. The minimum Gasteiger partial charge on any atom is -0.433 e. The van der Waals surface area contributed by atoms with Crippen molar-refractivity contribution in [3.63, 3.8) is 0 Å². The van der Waals surface area contributed by atoms with E-state index < -0.39 is 24.0 Å². The Balaban J connectivity index is 2.81. The predicted octanol–water partition coefficient (Wildman–Crippen LogP) is 0.571. The van der Waals surface area contributed by atoms with Crippen molar-refractivity contribution in [2.24, 2.45) is 5.92 Å². The highest BCUT2D eigenvalue weighted by atomic mass is 32.2. The molecule has 0 aromatic carbocycles. The molecule has 1 aliphatic heterocycles.